The van der Waals surface area contributed by atoms with Crippen LogP contribution in [0.4, 0.5) is 0 Å². The Morgan fingerprint density at radius 2 is 1.87 bits per heavy atom. The quantitative estimate of drug-likeness (QED) is 0.300. The zero-order valence-corrected chi connectivity index (χ0v) is 13.0. The number of carbonyl (C=O) groups is 2. The summed E-state index contributed by atoms with van der Waals surface area (Å²) in [4.78, 5) is 24.8. The molecule has 124 valence electrons. The molecule has 0 heterocycles. The number of nitrogens with zero attached hydrogens (tertiary/aromatic N) is 3. The molecule has 1 aromatic carbocycles. The average molecular weight is 321 g/mol. The van der Waals surface area contributed by atoms with Crippen LogP contribution in [0.1, 0.15) is 19.4 Å². The summed E-state index contributed by atoms with van der Waals surface area (Å²) in [6, 6.07) is 8.58. The van der Waals surface area contributed by atoms with Crippen LogP contribution in [0.5, 0.6) is 0 Å². The molecule has 0 radical (unpaired) electrons. The molecule has 0 aromatic heterocycles. The maximum atomic E-state index is 11.2. The van der Waals surface area contributed by atoms with Crippen molar-refractivity contribution >= 4 is 11.9 Å². The Hall–Kier alpha value is -2.57. The van der Waals surface area contributed by atoms with Crippen LogP contribution in [0.25, 0.3) is 10.4 Å². The van der Waals surface area contributed by atoms with E-state index in [9.17, 15) is 9.59 Å². The minimum Gasteiger partial charge on any atom is -0.465 e. The van der Waals surface area contributed by atoms with E-state index in [2.05, 4.69) is 10.0 Å². The summed E-state index contributed by atoms with van der Waals surface area (Å²) in [6.07, 6.45) is -0.841. The molecule has 0 spiro atoms. The van der Waals surface area contributed by atoms with Crippen molar-refractivity contribution in [3.8, 4) is 0 Å². The summed E-state index contributed by atoms with van der Waals surface area (Å²) in [5.41, 5.74) is 9.58. The van der Waals surface area contributed by atoms with Gasteiger partial charge in [0, 0.05) is 18.8 Å². The molecule has 1 rings (SSSR count). The molecular weight excluding hydrogens is 302 g/mol. The SMILES string of the molecule is CC(=O)OC[C@@H](N=[N+]=[N-])[C@@H](COCc1ccccc1)OC(C)=O. The normalized spacial score (nSPS) is 12.6. The van der Waals surface area contributed by atoms with E-state index >= 15 is 0 Å². The highest BCUT2D eigenvalue weighted by Crippen LogP contribution is 2.10. The molecule has 0 N–H and O–H groups in total. The topological polar surface area (TPSA) is 111 Å². The molecule has 0 bridgehead atoms. The highest BCUT2D eigenvalue weighted by Gasteiger charge is 2.25. The Kier molecular flexibility index (Phi) is 8.20. The molecule has 8 heteroatoms. The van der Waals surface area contributed by atoms with Gasteiger partial charge < -0.3 is 14.2 Å². The molecule has 23 heavy (non-hydrogen) atoms. The Morgan fingerprint density at radius 1 is 1.17 bits per heavy atom. The van der Waals surface area contributed by atoms with Gasteiger partial charge in [-0.2, -0.15) is 0 Å². The lowest BCUT2D eigenvalue weighted by molar-refractivity contribution is -0.153. The average Bonchev–Trinajstić information content (AvgIpc) is 2.51. The summed E-state index contributed by atoms with van der Waals surface area (Å²) in [5, 5.41) is 3.52. The van der Waals surface area contributed by atoms with E-state index in [-0.39, 0.29) is 13.2 Å². The number of carbonyl (C=O) groups excluding carboxylic acids is 2. The van der Waals surface area contributed by atoms with Crippen LogP contribution in [0.3, 0.4) is 0 Å². The molecule has 2 atom stereocenters. The first-order chi connectivity index (χ1) is 11.0. The molecular formula is C15H19N3O5. The van der Waals surface area contributed by atoms with E-state index in [1.807, 2.05) is 30.3 Å². The lowest BCUT2D eigenvalue weighted by Gasteiger charge is -2.22. The fourth-order valence-electron chi connectivity index (χ4n) is 1.79. The minimum absolute atomic E-state index is 0.0133. The predicted octanol–water partition coefficient (Wildman–Crippen LogP) is 2.38. The number of ether oxygens (including phenoxy) is 3. The van der Waals surface area contributed by atoms with Gasteiger partial charge in [0.1, 0.15) is 18.8 Å². The Morgan fingerprint density at radius 3 is 2.43 bits per heavy atom. The Labute approximate surface area is 134 Å². The van der Waals surface area contributed by atoms with Crippen molar-refractivity contribution in [3.63, 3.8) is 0 Å². The molecule has 1 aromatic rings. The van der Waals surface area contributed by atoms with Gasteiger partial charge in [-0.05, 0) is 11.1 Å². The molecule has 0 saturated carbocycles. The van der Waals surface area contributed by atoms with Crippen molar-refractivity contribution in [3.05, 3.63) is 46.3 Å². The van der Waals surface area contributed by atoms with E-state index < -0.39 is 24.1 Å². The first-order valence-electron chi connectivity index (χ1n) is 6.99. The number of rotatable bonds is 9. The van der Waals surface area contributed by atoms with Crippen molar-refractivity contribution in [2.45, 2.75) is 32.6 Å². The molecule has 8 nitrogen and oxygen atoms in total. The van der Waals surface area contributed by atoms with Gasteiger partial charge in [-0.1, -0.05) is 35.4 Å². The standard InChI is InChI=1S/C15H19N3O5/c1-11(19)22-9-14(17-18-16)15(23-12(2)20)10-21-8-13-6-4-3-5-7-13/h3-7,14-15H,8-10H2,1-2H3/t14-,15-/m1/s1. The number of benzene rings is 1. The number of azide groups is 1. The van der Waals surface area contributed by atoms with Crippen LogP contribution in [0, 0.1) is 0 Å². The smallest absolute Gasteiger partial charge is 0.302 e. The van der Waals surface area contributed by atoms with E-state index in [1.54, 1.807) is 0 Å². The maximum absolute atomic E-state index is 11.2. The maximum Gasteiger partial charge on any atom is 0.302 e. The van der Waals surface area contributed by atoms with Crippen molar-refractivity contribution in [2.75, 3.05) is 13.2 Å². The van der Waals surface area contributed by atoms with Gasteiger partial charge in [0.2, 0.25) is 0 Å². The molecule has 0 aliphatic carbocycles. The van der Waals surface area contributed by atoms with Crippen LogP contribution in [-0.4, -0.2) is 37.3 Å². The monoisotopic (exact) mass is 321 g/mol. The first-order valence-corrected chi connectivity index (χ1v) is 6.99. The number of hydrogen-bond acceptors (Lipinski definition) is 6. The molecule has 0 fully saturated rings. The van der Waals surface area contributed by atoms with Crippen molar-refractivity contribution in [1.82, 2.24) is 0 Å². The third-order valence-corrected chi connectivity index (χ3v) is 2.80. The van der Waals surface area contributed by atoms with E-state index in [0.717, 1.165) is 5.56 Å². The Balaban J connectivity index is 2.65. The first kappa shape index (κ1) is 18.5. The number of esters is 2. The highest BCUT2D eigenvalue weighted by molar-refractivity contribution is 5.66. The van der Waals surface area contributed by atoms with Gasteiger partial charge in [0.15, 0.2) is 0 Å². The highest BCUT2D eigenvalue weighted by atomic mass is 16.6. The van der Waals surface area contributed by atoms with Crippen LogP contribution < -0.4 is 0 Å². The molecule has 0 unspecified atom stereocenters. The second-order valence-corrected chi connectivity index (χ2v) is 4.72. The van der Waals surface area contributed by atoms with E-state index in [1.165, 1.54) is 13.8 Å². The summed E-state index contributed by atoms with van der Waals surface area (Å²) in [7, 11) is 0. The fraction of sp³-hybridized carbons (Fsp3) is 0.467. The largest absolute Gasteiger partial charge is 0.465 e. The van der Waals surface area contributed by atoms with Gasteiger partial charge in [-0.25, -0.2) is 0 Å². The second kappa shape index (κ2) is 10.2. The summed E-state index contributed by atoms with van der Waals surface area (Å²) >= 11 is 0. The zero-order chi connectivity index (χ0) is 17.1. The van der Waals surface area contributed by atoms with E-state index in [4.69, 9.17) is 19.7 Å². The second-order valence-electron chi connectivity index (χ2n) is 4.72. The molecule has 0 saturated heterocycles. The van der Waals surface area contributed by atoms with Gasteiger partial charge in [-0.3, -0.25) is 9.59 Å². The van der Waals surface area contributed by atoms with Crippen molar-refractivity contribution in [1.29, 1.82) is 0 Å². The predicted molar refractivity (Wildman–Crippen MR) is 81.2 cm³/mol. The molecule has 0 amide bonds. The Bertz CT molecular complexity index is 557. The van der Waals surface area contributed by atoms with Crippen LogP contribution in [-0.2, 0) is 30.4 Å². The van der Waals surface area contributed by atoms with Gasteiger partial charge >= 0.3 is 11.9 Å². The van der Waals surface area contributed by atoms with Crippen molar-refractivity contribution in [2.24, 2.45) is 5.11 Å². The zero-order valence-electron chi connectivity index (χ0n) is 13.0. The van der Waals surface area contributed by atoms with Gasteiger partial charge in [-0.15, -0.1) is 0 Å². The van der Waals surface area contributed by atoms with Crippen molar-refractivity contribution < 1.29 is 23.8 Å². The fourth-order valence-corrected chi connectivity index (χ4v) is 1.79. The van der Waals surface area contributed by atoms with Crippen LogP contribution >= 0.6 is 0 Å². The van der Waals surface area contributed by atoms with Crippen LogP contribution in [0.15, 0.2) is 35.4 Å². The van der Waals surface area contributed by atoms with Crippen LogP contribution in [0.2, 0.25) is 0 Å². The summed E-state index contributed by atoms with van der Waals surface area (Å²) in [5.74, 6) is -1.06. The molecule has 0 aliphatic heterocycles. The summed E-state index contributed by atoms with van der Waals surface area (Å²) in [6.45, 7) is 2.61. The van der Waals surface area contributed by atoms with Gasteiger partial charge in [0.05, 0.1) is 13.2 Å². The van der Waals surface area contributed by atoms with Gasteiger partial charge in [0.25, 0.3) is 0 Å². The third-order valence-electron chi connectivity index (χ3n) is 2.80. The minimum atomic E-state index is -0.858. The molecule has 0 aliphatic rings. The number of hydrogen-bond donors (Lipinski definition) is 0. The lowest BCUT2D eigenvalue weighted by atomic mass is 10.2. The third kappa shape index (κ3) is 7.85. The summed E-state index contributed by atoms with van der Waals surface area (Å²) < 4.78 is 15.5. The lowest BCUT2D eigenvalue weighted by Crippen LogP contribution is -2.37. The van der Waals surface area contributed by atoms with E-state index in [0.29, 0.717) is 6.61 Å².